The first-order chi connectivity index (χ1) is 10.6. The summed E-state index contributed by atoms with van der Waals surface area (Å²) < 4.78 is 0. The van der Waals surface area contributed by atoms with Crippen molar-refractivity contribution in [1.82, 2.24) is 10.6 Å². The summed E-state index contributed by atoms with van der Waals surface area (Å²) in [5.41, 5.74) is 0.987. The highest BCUT2D eigenvalue weighted by Crippen LogP contribution is 2.23. The van der Waals surface area contributed by atoms with Crippen molar-refractivity contribution in [2.75, 3.05) is 6.54 Å². The second kappa shape index (κ2) is 8.57. The molecule has 2 rings (SSSR count). The quantitative estimate of drug-likeness (QED) is 0.848. The molecule has 0 heterocycles. The Labute approximate surface area is 132 Å². The molecule has 1 saturated carbocycles. The van der Waals surface area contributed by atoms with Gasteiger partial charge < -0.3 is 10.6 Å². The lowest BCUT2D eigenvalue weighted by Gasteiger charge is -2.27. The van der Waals surface area contributed by atoms with Gasteiger partial charge in [-0.15, -0.1) is 0 Å². The van der Waals surface area contributed by atoms with Gasteiger partial charge in [-0.1, -0.05) is 50.1 Å². The zero-order chi connectivity index (χ0) is 15.8. The van der Waals surface area contributed by atoms with E-state index in [1.54, 1.807) is 0 Å². The average Bonchev–Trinajstić information content (AvgIpc) is 2.48. The fraction of sp³-hybridized carbons (Fsp3) is 0.556. The molecule has 2 amide bonds. The lowest BCUT2D eigenvalue weighted by molar-refractivity contribution is -0.122. The van der Waals surface area contributed by atoms with Gasteiger partial charge in [0.15, 0.2) is 0 Å². The Morgan fingerprint density at radius 2 is 1.91 bits per heavy atom. The van der Waals surface area contributed by atoms with Gasteiger partial charge in [0.05, 0.1) is 6.42 Å². The molecule has 120 valence electrons. The van der Waals surface area contributed by atoms with Crippen LogP contribution >= 0.6 is 0 Å². The number of rotatable bonds is 6. The third kappa shape index (κ3) is 5.88. The minimum Gasteiger partial charge on any atom is -0.355 e. The highest BCUT2D eigenvalue weighted by atomic mass is 16.2. The maximum absolute atomic E-state index is 11.9. The van der Waals surface area contributed by atoms with E-state index in [0.717, 1.165) is 18.4 Å². The van der Waals surface area contributed by atoms with Crippen LogP contribution in [0.2, 0.25) is 0 Å². The lowest BCUT2D eigenvalue weighted by atomic mass is 9.87. The Morgan fingerprint density at radius 3 is 2.64 bits per heavy atom. The Hall–Kier alpha value is -1.84. The summed E-state index contributed by atoms with van der Waals surface area (Å²) in [6, 6.07) is 9.93. The average molecular weight is 302 g/mol. The summed E-state index contributed by atoms with van der Waals surface area (Å²) in [6.07, 6.45) is 5.33. The summed E-state index contributed by atoms with van der Waals surface area (Å²) in [4.78, 5) is 23.7. The fourth-order valence-corrected chi connectivity index (χ4v) is 3.02. The zero-order valence-corrected chi connectivity index (χ0v) is 13.3. The van der Waals surface area contributed by atoms with Crippen molar-refractivity contribution in [1.29, 1.82) is 0 Å². The summed E-state index contributed by atoms with van der Waals surface area (Å²) in [5, 5.41) is 5.89. The van der Waals surface area contributed by atoms with Crippen molar-refractivity contribution in [2.24, 2.45) is 5.92 Å². The van der Waals surface area contributed by atoms with Crippen LogP contribution in [0.4, 0.5) is 0 Å². The van der Waals surface area contributed by atoms with Crippen molar-refractivity contribution in [3.05, 3.63) is 35.9 Å². The van der Waals surface area contributed by atoms with Crippen molar-refractivity contribution < 1.29 is 9.59 Å². The molecule has 1 aromatic carbocycles. The molecule has 2 unspecified atom stereocenters. The summed E-state index contributed by atoms with van der Waals surface area (Å²) >= 11 is 0. The van der Waals surface area contributed by atoms with Gasteiger partial charge in [-0.3, -0.25) is 9.59 Å². The molecule has 0 aromatic heterocycles. The van der Waals surface area contributed by atoms with E-state index in [1.807, 2.05) is 30.3 Å². The number of carbonyl (C=O) groups excluding carboxylic acids is 2. The van der Waals surface area contributed by atoms with E-state index >= 15 is 0 Å². The van der Waals surface area contributed by atoms with Crippen LogP contribution in [0.25, 0.3) is 0 Å². The van der Waals surface area contributed by atoms with E-state index in [0.29, 0.717) is 31.3 Å². The highest BCUT2D eigenvalue weighted by molar-refractivity contribution is 5.80. The van der Waals surface area contributed by atoms with Gasteiger partial charge in [0, 0.05) is 19.0 Å². The maximum atomic E-state index is 11.9. The van der Waals surface area contributed by atoms with Crippen molar-refractivity contribution >= 4 is 11.8 Å². The van der Waals surface area contributed by atoms with Gasteiger partial charge in [0.2, 0.25) is 11.8 Å². The Kier molecular flexibility index (Phi) is 6.44. The first-order valence-electron chi connectivity index (χ1n) is 8.23. The molecule has 1 aliphatic carbocycles. The van der Waals surface area contributed by atoms with E-state index in [1.165, 1.54) is 12.8 Å². The summed E-state index contributed by atoms with van der Waals surface area (Å²) in [6.45, 7) is 2.64. The molecule has 0 aliphatic heterocycles. The minimum atomic E-state index is -0.0368. The van der Waals surface area contributed by atoms with Crippen molar-refractivity contribution in [2.45, 2.75) is 51.5 Å². The molecule has 0 saturated heterocycles. The smallest absolute Gasteiger partial charge is 0.224 e. The second-order valence-electron chi connectivity index (χ2n) is 6.30. The van der Waals surface area contributed by atoms with Gasteiger partial charge in [0.25, 0.3) is 0 Å². The van der Waals surface area contributed by atoms with Gasteiger partial charge >= 0.3 is 0 Å². The molecule has 1 aliphatic rings. The number of amides is 2. The largest absolute Gasteiger partial charge is 0.355 e. The van der Waals surface area contributed by atoms with Crippen LogP contribution in [0.1, 0.15) is 44.6 Å². The van der Waals surface area contributed by atoms with Crippen LogP contribution in [0.15, 0.2) is 30.3 Å². The Morgan fingerprint density at radius 1 is 1.14 bits per heavy atom. The highest BCUT2D eigenvalue weighted by Gasteiger charge is 2.20. The number of hydrogen-bond donors (Lipinski definition) is 2. The predicted molar refractivity (Wildman–Crippen MR) is 87.3 cm³/mol. The molecule has 4 heteroatoms. The molecular weight excluding hydrogens is 276 g/mol. The Bertz CT molecular complexity index is 487. The first-order valence-corrected chi connectivity index (χ1v) is 8.23. The second-order valence-corrected chi connectivity index (χ2v) is 6.30. The van der Waals surface area contributed by atoms with Crippen LogP contribution in [-0.4, -0.2) is 24.4 Å². The lowest BCUT2D eigenvalue weighted by Crippen LogP contribution is -2.39. The SMILES string of the molecule is CC1CCCC(NC(=O)CCNC(=O)Cc2ccccc2)C1. The predicted octanol–water partition coefficient (Wildman–Crippen LogP) is 2.43. The van der Waals surface area contributed by atoms with E-state index in [2.05, 4.69) is 17.6 Å². The minimum absolute atomic E-state index is 0.0368. The fourth-order valence-electron chi connectivity index (χ4n) is 3.02. The van der Waals surface area contributed by atoms with E-state index in [-0.39, 0.29) is 11.8 Å². The standard InChI is InChI=1S/C18H26N2O2/c1-14-6-5-9-16(12-14)20-17(21)10-11-19-18(22)13-15-7-3-2-4-8-15/h2-4,7-8,14,16H,5-6,9-13H2,1H3,(H,19,22)(H,20,21). The van der Waals surface area contributed by atoms with Crippen molar-refractivity contribution in [3.8, 4) is 0 Å². The van der Waals surface area contributed by atoms with Gasteiger partial charge in [-0.2, -0.15) is 0 Å². The van der Waals surface area contributed by atoms with Gasteiger partial charge in [0.1, 0.15) is 0 Å². The summed E-state index contributed by atoms with van der Waals surface area (Å²) in [5.74, 6) is 0.703. The number of carbonyl (C=O) groups is 2. The maximum Gasteiger partial charge on any atom is 0.224 e. The first kappa shape index (κ1) is 16.5. The molecule has 1 fully saturated rings. The van der Waals surface area contributed by atoms with Crippen LogP contribution in [0.5, 0.6) is 0 Å². The molecular formula is C18H26N2O2. The van der Waals surface area contributed by atoms with Crippen LogP contribution in [0, 0.1) is 5.92 Å². The number of benzene rings is 1. The normalized spacial score (nSPS) is 21.1. The van der Waals surface area contributed by atoms with Crippen LogP contribution < -0.4 is 10.6 Å². The van der Waals surface area contributed by atoms with Crippen LogP contribution in [-0.2, 0) is 16.0 Å². The molecule has 4 nitrogen and oxygen atoms in total. The molecule has 0 spiro atoms. The molecule has 1 aromatic rings. The molecule has 2 N–H and O–H groups in total. The zero-order valence-electron chi connectivity index (χ0n) is 13.3. The number of hydrogen-bond acceptors (Lipinski definition) is 2. The molecule has 2 atom stereocenters. The van der Waals surface area contributed by atoms with Crippen LogP contribution in [0.3, 0.4) is 0 Å². The molecule has 0 radical (unpaired) electrons. The third-order valence-corrected chi connectivity index (χ3v) is 4.18. The monoisotopic (exact) mass is 302 g/mol. The van der Waals surface area contributed by atoms with E-state index < -0.39 is 0 Å². The van der Waals surface area contributed by atoms with E-state index in [9.17, 15) is 9.59 Å². The number of nitrogens with one attached hydrogen (secondary N) is 2. The van der Waals surface area contributed by atoms with Gasteiger partial charge in [-0.25, -0.2) is 0 Å². The van der Waals surface area contributed by atoms with Crippen molar-refractivity contribution in [3.63, 3.8) is 0 Å². The molecule has 0 bridgehead atoms. The molecule has 22 heavy (non-hydrogen) atoms. The third-order valence-electron chi connectivity index (χ3n) is 4.18. The Balaban J connectivity index is 1.61. The van der Waals surface area contributed by atoms with E-state index in [4.69, 9.17) is 0 Å². The van der Waals surface area contributed by atoms with Gasteiger partial charge in [-0.05, 0) is 24.3 Å². The summed E-state index contributed by atoms with van der Waals surface area (Å²) in [7, 11) is 0. The topological polar surface area (TPSA) is 58.2 Å².